The SMILES string of the molecule is COc1cccc(N2C(=O)C(Nc3ccc(N(C)C)cc3)=C(c3ccccc3OC)C2=O)c1. The van der Waals surface area contributed by atoms with Crippen LogP contribution in [0.3, 0.4) is 0 Å². The molecule has 0 bridgehead atoms. The molecule has 0 saturated carbocycles. The van der Waals surface area contributed by atoms with E-state index in [-0.39, 0.29) is 11.3 Å². The van der Waals surface area contributed by atoms with Gasteiger partial charge in [-0.2, -0.15) is 0 Å². The summed E-state index contributed by atoms with van der Waals surface area (Å²) in [5, 5.41) is 3.18. The van der Waals surface area contributed by atoms with E-state index in [1.165, 1.54) is 14.2 Å². The van der Waals surface area contributed by atoms with Crippen LogP contribution in [0.2, 0.25) is 0 Å². The van der Waals surface area contributed by atoms with Crippen molar-refractivity contribution in [2.45, 2.75) is 0 Å². The molecular weight excluding hydrogens is 418 g/mol. The van der Waals surface area contributed by atoms with Gasteiger partial charge in [-0.1, -0.05) is 24.3 Å². The van der Waals surface area contributed by atoms with E-state index >= 15 is 0 Å². The van der Waals surface area contributed by atoms with Crippen molar-refractivity contribution >= 4 is 34.4 Å². The van der Waals surface area contributed by atoms with Crippen LogP contribution >= 0.6 is 0 Å². The third-order valence-electron chi connectivity index (χ3n) is 5.42. The summed E-state index contributed by atoms with van der Waals surface area (Å²) in [7, 11) is 6.98. The number of hydrogen-bond acceptors (Lipinski definition) is 6. The average Bonchev–Trinajstić information content (AvgIpc) is 3.08. The molecule has 7 heteroatoms. The standard InChI is InChI=1S/C26H25N3O4/c1-28(2)18-14-12-17(13-15-18)27-24-23(21-10-5-6-11-22(21)33-4)25(30)29(26(24)31)19-8-7-9-20(16-19)32-3/h5-16,27H,1-4H3. The number of imide groups is 1. The zero-order chi connectivity index (χ0) is 23.5. The van der Waals surface area contributed by atoms with Gasteiger partial charge in [0, 0.05) is 37.1 Å². The summed E-state index contributed by atoms with van der Waals surface area (Å²) in [6.07, 6.45) is 0. The van der Waals surface area contributed by atoms with E-state index in [9.17, 15) is 9.59 Å². The largest absolute Gasteiger partial charge is 0.497 e. The summed E-state index contributed by atoms with van der Waals surface area (Å²) in [6, 6.07) is 21.6. The summed E-state index contributed by atoms with van der Waals surface area (Å²) >= 11 is 0. The van der Waals surface area contributed by atoms with Crippen molar-refractivity contribution in [1.82, 2.24) is 0 Å². The molecule has 0 aliphatic carbocycles. The van der Waals surface area contributed by atoms with Gasteiger partial charge >= 0.3 is 0 Å². The molecule has 2 amide bonds. The number of methoxy groups -OCH3 is 2. The Kier molecular flexibility index (Phi) is 6.04. The number of hydrogen-bond donors (Lipinski definition) is 1. The third kappa shape index (κ3) is 4.13. The molecule has 33 heavy (non-hydrogen) atoms. The first kappa shape index (κ1) is 22.0. The van der Waals surface area contributed by atoms with Crippen LogP contribution in [-0.4, -0.2) is 40.1 Å². The Morgan fingerprint density at radius 2 is 1.55 bits per heavy atom. The molecule has 1 aliphatic heterocycles. The van der Waals surface area contributed by atoms with Gasteiger partial charge in [0.15, 0.2) is 0 Å². The van der Waals surface area contributed by atoms with Crippen molar-refractivity contribution in [2.24, 2.45) is 0 Å². The van der Waals surface area contributed by atoms with Crippen LogP contribution in [0.1, 0.15) is 5.56 Å². The number of rotatable bonds is 7. The maximum absolute atomic E-state index is 13.6. The Balaban J connectivity index is 1.82. The molecular formula is C26H25N3O4. The van der Waals surface area contributed by atoms with Gasteiger partial charge < -0.3 is 19.7 Å². The van der Waals surface area contributed by atoms with Gasteiger partial charge in [0.2, 0.25) is 0 Å². The highest BCUT2D eigenvalue weighted by Crippen LogP contribution is 2.38. The quantitative estimate of drug-likeness (QED) is 0.553. The summed E-state index contributed by atoms with van der Waals surface area (Å²) in [4.78, 5) is 30.3. The van der Waals surface area contributed by atoms with Gasteiger partial charge in [-0.15, -0.1) is 0 Å². The molecule has 1 N–H and O–H groups in total. The molecule has 0 atom stereocenters. The van der Waals surface area contributed by atoms with Crippen LogP contribution in [0.15, 0.2) is 78.5 Å². The topological polar surface area (TPSA) is 71.1 Å². The zero-order valence-electron chi connectivity index (χ0n) is 19.0. The fraction of sp³-hybridized carbons (Fsp3) is 0.154. The van der Waals surface area contributed by atoms with Crippen molar-refractivity contribution < 1.29 is 19.1 Å². The number of anilines is 3. The number of nitrogens with one attached hydrogen (secondary N) is 1. The van der Waals surface area contributed by atoms with Crippen LogP contribution < -0.4 is 24.6 Å². The molecule has 0 unspecified atom stereocenters. The number of nitrogens with zero attached hydrogens (tertiary/aromatic N) is 2. The molecule has 3 aromatic rings. The number of benzene rings is 3. The monoisotopic (exact) mass is 443 g/mol. The second-order valence-corrected chi connectivity index (χ2v) is 7.66. The van der Waals surface area contributed by atoms with Crippen LogP contribution in [0.4, 0.5) is 17.1 Å². The average molecular weight is 444 g/mol. The van der Waals surface area contributed by atoms with Crippen LogP contribution in [0, 0.1) is 0 Å². The third-order valence-corrected chi connectivity index (χ3v) is 5.42. The predicted molar refractivity (Wildman–Crippen MR) is 130 cm³/mol. The van der Waals surface area contributed by atoms with E-state index < -0.39 is 11.8 Å². The smallest absolute Gasteiger partial charge is 0.282 e. The van der Waals surface area contributed by atoms with Crippen molar-refractivity contribution in [3.05, 3.63) is 84.1 Å². The summed E-state index contributed by atoms with van der Waals surface area (Å²) in [5.74, 6) is 0.159. The number of carbonyl (C=O) groups is 2. The van der Waals surface area contributed by atoms with Gasteiger partial charge in [-0.25, -0.2) is 4.90 Å². The molecule has 0 saturated heterocycles. The van der Waals surface area contributed by atoms with E-state index in [1.807, 2.05) is 49.3 Å². The molecule has 1 heterocycles. The van der Waals surface area contributed by atoms with Crippen molar-refractivity contribution in [1.29, 1.82) is 0 Å². The van der Waals surface area contributed by atoms with Crippen LogP contribution in [0.5, 0.6) is 11.5 Å². The first-order valence-electron chi connectivity index (χ1n) is 10.4. The fourth-order valence-corrected chi connectivity index (χ4v) is 3.72. The van der Waals surface area contributed by atoms with Crippen molar-refractivity contribution in [3.63, 3.8) is 0 Å². The Bertz CT molecular complexity index is 1230. The Morgan fingerprint density at radius 1 is 0.818 bits per heavy atom. The Labute approximate surface area is 192 Å². The Hall–Kier alpha value is -4.26. The van der Waals surface area contributed by atoms with Gasteiger partial charge in [0.1, 0.15) is 17.2 Å². The van der Waals surface area contributed by atoms with Gasteiger partial charge in [-0.05, 0) is 42.5 Å². The van der Waals surface area contributed by atoms with Gasteiger partial charge in [0.05, 0.1) is 25.5 Å². The summed E-state index contributed by atoms with van der Waals surface area (Å²) in [5.41, 5.74) is 3.11. The molecule has 0 fully saturated rings. The van der Waals surface area contributed by atoms with Crippen LogP contribution in [0.25, 0.3) is 5.57 Å². The highest BCUT2D eigenvalue weighted by Gasteiger charge is 2.41. The molecule has 7 nitrogen and oxygen atoms in total. The first-order chi connectivity index (χ1) is 15.9. The van der Waals surface area contributed by atoms with E-state index in [0.717, 1.165) is 10.6 Å². The molecule has 0 radical (unpaired) electrons. The van der Waals surface area contributed by atoms with E-state index in [1.54, 1.807) is 42.5 Å². The van der Waals surface area contributed by atoms with Gasteiger partial charge in [-0.3, -0.25) is 9.59 Å². The molecule has 3 aromatic carbocycles. The molecule has 4 rings (SSSR count). The lowest BCUT2D eigenvalue weighted by Gasteiger charge is -2.16. The predicted octanol–water partition coefficient (Wildman–Crippen LogP) is 4.17. The lowest BCUT2D eigenvalue weighted by atomic mass is 10.0. The number of para-hydroxylation sites is 1. The minimum atomic E-state index is -0.453. The molecule has 1 aliphatic rings. The van der Waals surface area contributed by atoms with Crippen LogP contribution in [-0.2, 0) is 9.59 Å². The second kappa shape index (κ2) is 9.08. The zero-order valence-corrected chi connectivity index (χ0v) is 19.0. The highest BCUT2D eigenvalue weighted by atomic mass is 16.5. The summed E-state index contributed by atoms with van der Waals surface area (Å²) < 4.78 is 10.8. The first-order valence-corrected chi connectivity index (χ1v) is 10.4. The minimum Gasteiger partial charge on any atom is -0.497 e. The minimum absolute atomic E-state index is 0.185. The highest BCUT2D eigenvalue weighted by molar-refractivity contribution is 6.46. The van der Waals surface area contributed by atoms with E-state index in [2.05, 4.69) is 5.32 Å². The van der Waals surface area contributed by atoms with Crippen molar-refractivity contribution in [3.8, 4) is 11.5 Å². The lowest BCUT2D eigenvalue weighted by molar-refractivity contribution is -0.120. The molecule has 0 aromatic heterocycles. The van der Waals surface area contributed by atoms with E-state index in [0.29, 0.717) is 28.4 Å². The van der Waals surface area contributed by atoms with Gasteiger partial charge in [0.25, 0.3) is 11.8 Å². The molecule has 0 spiro atoms. The lowest BCUT2D eigenvalue weighted by Crippen LogP contribution is -2.32. The maximum Gasteiger partial charge on any atom is 0.282 e. The second-order valence-electron chi connectivity index (χ2n) is 7.66. The Morgan fingerprint density at radius 3 is 2.21 bits per heavy atom. The van der Waals surface area contributed by atoms with Crippen molar-refractivity contribution in [2.75, 3.05) is 43.4 Å². The maximum atomic E-state index is 13.6. The summed E-state index contributed by atoms with van der Waals surface area (Å²) in [6.45, 7) is 0. The van der Waals surface area contributed by atoms with E-state index in [4.69, 9.17) is 9.47 Å². The normalized spacial score (nSPS) is 13.4. The fourth-order valence-electron chi connectivity index (χ4n) is 3.72. The number of ether oxygens (including phenoxy) is 2. The number of carbonyl (C=O) groups excluding carboxylic acids is 2. The molecule has 168 valence electrons. The number of amides is 2.